The van der Waals surface area contributed by atoms with Crippen molar-refractivity contribution in [1.82, 2.24) is 4.72 Å². The molecule has 2 rings (SSSR count). The van der Waals surface area contributed by atoms with Gasteiger partial charge in [-0.3, -0.25) is 4.21 Å². The number of nitrogens with one attached hydrogen (secondary N) is 1. The van der Waals surface area contributed by atoms with Crippen LogP contribution in [0, 0.1) is 0 Å². The van der Waals surface area contributed by atoms with E-state index in [-0.39, 0.29) is 17.2 Å². The molecule has 2 aromatic carbocycles. The van der Waals surface area contributed by atoms with Crippen molar-refractivity contribution in [3.63, 3.8) is 0 Å². The monoisotopic (exact) mass is 383 g/mol. The predicted molar refractivity (Wildman–Crippen MR) is 92.5 cm³/mol. The molecule has 0 fully saturated rings. The maximum atomic E-state index is 12.2. The molecule has 0 saturated carbocycles. The van der Waals surface area contributed by atoms with E-state index in [2.05, 4.69) is 4.72 Å². The summed E-state index contributed by atoms with van der Waals surface area (Å²) in [5, 5.41) is 8.53. The standard InChI is InChI=1S/C16H17NO6S2/c18-16(19)12-23-13-6-8-14(9-7-13)24(20)11-10-17-25(21,22)15-4-2-1-3-5-15/h1-9,17H,10-12H2,(H,18,19). The molecule has 0 spiro atoms. The Hall–Kier alpha value is -2.23. The second kappa shape index (κ2) is 8.75. The number of carboxylic acids is 1. The molecule has 0 amide bonds. The van der Waals surface area contributed by atoms with Gasteiger partial charge < -0.3 is 9.84 Å². The van der Waals surface area contributed by atoms with Crippen LogP contribution >= 0.6 is 0 Å². The third kappa shape index (κ3) is 5.96. The Balaban J connectivity index is 1.87. The Morgan fingerprint density at radius 3 is 2.32 bits per heavy atom. The normalized spacial score (nSPS) is 12.5. The fourth-order valence-corrected chi connectivity index (χ4v) is 4.05. The van der Waals surface area contributed by atoms with Gasteiger partial charge >= 0.3 is 5.97 Å². The first kappa shape index (κ1) is 19.1. The maximum Gasteiger partial charge on any atom is 0.341 e. The van der Waals surface area contributed by atoms with Crippen LogP contribution in [0.15, 0.2) is 64.4 Å². The molecule has 0 bridgehead atoms. The molecule has 0 heterocycles. The molecule has 25 heavy (non-hydrogen) atoms. The highest BCUT2D eigenvalue weighted by Crippen LogP contribution is 2.15. The summed E-state index contributed by atoms with van der Waals surface area (Å²) in [4.78, 5) is 11.1. The third-order valence-electron chi connectivity index (χ3n) is 3.08. The zero-order valence-corrected chi connectivity index (χ0v) is 14.8. The summed E-state index contributed by atoms with van der Waals surface area (Å²) in [7, 11) is -5.01. The van der Waals surface area contributed by atoms with Crippen LogP contribution in [0.5, 0.6) is 5.75 Å². The fraction of sp³-hybridized carbons (Fsp3) is 0.188. The quantitative estimate of drug-likeness (QED) is 0.674. The number of ether oxygens (including phenoxy) is 1. The van der Waals surface area contributed by atoms with Crippen molar-refractivity contribution in [2.45, 2.75) is 9.79 Å². The van der Waals surface area contributed by atoms with E-state index in [1.165, 1.54) is 24.3 Å². The minimum Gasteiger partial charge on any atom is -0.482 e. The number of aliphatic carboxylic acids is 1. The summed E-state index contributed by atoms with van der Waals surface area (Å²) in [5.74, 6) is -0.618. The highest BCUT2D eigenvalue weighted by molar-refractivity contribution is 7.89. The lowest BCUT2D eigenvalue weighted by Gasteiger charge is -2.07. The minimum absolute atomic E-state index is 0.0289. The van der Waals surface area contributed by atoms with Crippen molar-refractivity contribution in [2.75, 3.05) is 18.9 Å². The Kier molecular flexibility index (Phi) is 6.68. The molecule has 1 atom stereocenters. The van der Waals surface area contributed by atoms with Crippen LogP contribution in [-0.4, -0.2) is 42.6 Å². The number of hydrogen-bond donors (Lipinski definition) is 2. The Morgan fingerprint density at radius 2 is 1.72 bits per heavy atom. The van der Waals surface area contributed by atoms with Crippen LogP contribution in [-0.2, 0) is 25.6 Å². The van der Waals surface area contributed by atoms with Gasteiger partial charge in [0.1, 0.15) is 5.75 Å². The van der Waals surface area contributed by atoms with Gasteiger partial charge in [0.2, 0.25) is 10.0 Å². The summed E-state index contributed by atoms with van der Waals surface area (Å²) >= 11 is 0. The van der Waals surface area contributed by atoms with Crippen LogP contribution in [0.1, 0.15) is 0 Å². The summed E-state index contributed by atoms with van der Waals surface area (Å²) < 4.78 is 43.7. The molecule has 0 radical (unpaired) electrons. The Bertz CT molecular complexity index is 835. The molecule has 0 aliphatic rings. The molecule has 134 valence electrons. The van der Waals surface area contributed by atoms with Crippen molar-refractivity contribution in [2.24, 2.45) is 0 Å². The van der Waals surface area contributed by atoms with E-state index < -0.39 is 33.4 Å². The summed E-state index contributed by atoms with van der Waals surface area (Å²) in [6.07, 6.45) is 0. The Morgan fingerprint density at radius 1 is 1.08 bits per heavy atom. The molecule has 9 heteroatoms. The molecular weight excluding hydrogens is 366 g/mol. The van der Waals surface area contributed by atoms with Gasteiger partial charge in [0.15, 0.2) is 6.61 Å². The van der Waals surface area contributed by atoms with Crippen molar-refractivity contribution >= 4 is 26.8 Å². The van der Waals surface area contributed by atoms with E-state index in [4.69, 9.17) is 9.84 Å². The molecule has 0 aromatic heterocycles. The van der Waals surface area contributed by atoms with Gasteiger partial charge in [-0.2, -0.15) is 0 Å². The molecule has 0 aliphatic carbocycles. The van der Waals surface area contributed by atoms with Crippen LogP contribution < -0.4 is 9.46 Å². The zero-order valence-electron chi connectivity index (χ0n) is 13.1. The van der Waals surface area contributed by atoms with Crippen molar-refractivity contribution in [1.29, 1.82) is 0 Å². The van der Waals surface area contributed by atoms with Gasteiger partial charge in [-0.25, -0.2) is 17.9 Å². The summed E-state index contributed by atoms with van der Waals surface area (Å²) in [5.41, 5.74) is 0. The van der Waals surface area contributed by atoms with Gasteiger partial charge in [0, 0.05) is 17.2 Å². The molecular formula is C16H17NO6S2. The highest BCUT2D eigenvalue weighted by atomic mass is 32.2. The molecule has 2 aromatic rings. The average molecular weight is 383 g/mol. The lowest BCUT2D eigenvalue weighted by atomic mass is 10.3. The van der Waals surface area contributed by atoms with Gasteiger partial charge in [-0.05, 0) is 36.4 Å². The van der Waals surface area contributed by atoms with E-state index in [9.17, 15) is 17.4 Å². The van der Waals surface area contributed by atoms with E-state index >= 15 is 0 Å². The average Bonchev–Trinajstić information content (AvgIpc) is 2.61. The van der Waals surface area contributed by atoms with Crippen LogP contribution in [0.3, 0.4) is 0 Å². The van der Waals surface area contributed by atoms with E-state index in [0.717, 1.165) is 0 Å². The fourth-order valence-electron chi connectivity index (χ4n) is 1.90. The maximum absolute atomic E-state index is 12.2. The summed E-state index contributed by atoms with van der Waals surface area (Å²) in [6, 6.07) is 14.1. The van der Waals surface area contributed by atoms with Gasteiger partial charge in [0.05, 0.1) is 15.7 Å². The number of benzene rings is 2. The topological polar surface area (TPSA) is 110 Å². The number of carbonyl (C=O) groups is 1. The SMILES string of the molecule is O=C(O)COc1ccc(S(=O)CCNS(=O)(=O)c2ccccc2)cc1. The van der Waals surface area contributed by atoms with Gasteiger partial charge in [0.25, 0.3) is 0 Å². The van der Waals surface area contributed by atoms with E-state index in [1.807, 2.05) is 0 Å². The van der Waals surface area contributed by atoms with Gasteiger partial charge in [-0.15, -0.1) is 0 Å². The number of rotatable bonds is 9. The predicted octanol–water partition coefficient (Wildman–Crippen LogP) is 1.24. The van der Waals surface area contributed by atoms with Crippen molar-refractivity contribution < 1.29 is 27.3 Å². The summed E-state index contributed by atoms with van der Waals surface area (Å²) in [6.45, 7) is -0.426. The lowest BCUT2D eigenvalue weighted by molar-refractivity contribution is -0.139. The molecule has 0 aliphatic heterocycles. The first-order chi connectivity index (χ1) is 11.9. The molecule has 1 unspecified atom stereocenters. The lowest BCUT2D eigenvalue weighted by Crippen LogP contribution is -2.27. The number of sulfonamides is 1. The van der Waals surface area contributed by atoms with Crippen molar-refractivity contribution in [3.05, 3.63) is 54.6 Å². The van der Waals surface area contributed by atoms with Crippen LogP contribution in [0.25, 0.3) is 0 Å². The van der Waals surface area contributed by atoms with Gasteiger partial charge in [-0.1, -0.05) is 18.2 Å². The molecule has 2 N–H and O–H groups in total. The largest absolute Gasteiger partial charge is 0.482 e. The second-order valence-electron chi connectivity index (χ2n) is 4.91. The number of carboxylic acid groups (broad SMARTS) is 1. The zero-order chi connectivity index (χ0) is 18.3. The van der Waals surface area contributed by atoms with E-state index in [0.29, 0.717) is 10.6 Å². The number of hydrogen-bond acceptors (Lipinski definition) is 5. The second-order valence-corrected chi connectivity index (χ2v) is 8.25. The Labute approximate surface area is 148 Å². The first-order valence-electron chi connectivity index (χ1n) is 7.26. The highest BCUT2D eigenvalue weighted by Gasteiger charge is 2.13. The molecule has 7 nitrogen and oxygen atoms in total. The van der Waals surface area contributed by atoms with Crippen LogP contribution in [0.4, 0.5) is 0 Å². The van der Waals surface area contributed by atoms with Crippen molar-refractivity contribution in [3.8, 4) is 5.75 Å². The van der Waals surface area contributed by atoms with Crippen LogP contribution in [0.2, 0.25) is 0 Å². The smallest absolute Gasteiger partial charge is 0.341 e. The molecule has 0 saturated heterocycles. The minimum atomic E-state index is -3.62. The third-order valence-corrected chi connectivity index (χ3v) is 5.93. The first-order valence-corrected chi connectivity index (χ1v) is 10.1. The van der Waals surface area contributed by atoms with E-state index in [1.54, 1.807) is 30.3 Å².